The molecule has 0 saturated carbocycles. The Morgan fingerprint density at radius 2 is 2.12 bits per heavy atom. The van der Waals surface area contributed by atoms with Crippen LogP contribution < -0.4 is 5.32 Å². The van der Waals surface area contributed by atoms with Crippen LogP contribution >= 0.6 is 0 Å². The predicted molar refractivity (Wildman–Crippen MR) is 88.2 cm³/mol. The fraction of sp³-hybridized carbons (Fsp3) is 0.412. The normalized spacial score (nSPS) is 20.4. The zero-order chi connectivity index (χ0) is 18.6. The van der Waals surface area contributed by atoms with Crippen molar-refractivity contribution in [2.75, 3.05) is 0 Å². The Labute approximate surface area is 144 Å². The summed E-state index contributed by atoms with van der Waals surface area (Å²) in [5.41, 5.74) is 0.0671. The zero-order valence-corrected chi connectivity index (χ0v) is 14.0. The minimum atomic E-state index is -0.769. The first kappa shape index (κ1) is 18.6. The molecular weight excluding hydrogens is 328 g/mol. The number of carbonyl (C=O) groups excluding carboxylic acids is 2. The molecule has 25 heavy (non-hydrogen) atoms. The van der Waals surface area contributed by atoms with E-state index >= 15 is 0 Å². The molecular formula is C17H20N2O6. The molecule has 1 aliphatic heterocycles. The quantitative estimate of drug-likeness (QED) is 0.253. The molecule has 0 aromatic heterocycles. The molecule has 1 aliphatic rings. The molecule has 8 nitrogen and oxygen atoms in total. The van der Waals surface area contributed by atoms with Crippen molar-refractivity contribution in [2.45, 2.75) is 32.4 Å². The summed E-state index contributed by atoms with van der Waals surface area (Å²) in [6.07, 6.45) is 0.662. The molecule has 1 saturated heterocycles. The molecule has 1 aromatic carbocycles. The highest BCUT2D eigenvalue weighted by molar-refractivity contribution is 5.87. The Bertz CT molecular complexity index is 687. The summed E-state index contributed by atoms with van der Waals surface area (Å²) in [6.45, 7) is 7.32. The number of β-lactam (4-membered cyclic amide) rings is 1. The average molecular weight is 348 g/mol. The number of nitrogens with one attached hydrogen (secondary N) is 1. The third-order valence-electron chi connectivity index (χ3n) is 4.04. The number of nitrogens with zero attached hydrogens (tertiary/aromatic N) is 1. The number of nitro groups is 1. The minimum absolute atomic E-state index is 0.0858. The van der Waals surface area contributed by atoms with E-state index in [1.165, 1.54) is 18.2 Å². The van der Waals surface area contributed by atoms with E-state index in [0.29, 0.717) is 0 Å². The van der Waals surface area contributed by atoms with Gasteiger partial charge < -0.3 is 5.32 Å². The van der Waals surface area contributed by atoms with Gasteiger partial charge in [-0.3, -0.25) is 19.8 Å². The van der Waals surface area contributed by atoms with Gasteiger partial charge in [0, 0.05) is 11.6 Å². The molecule has 2 rings (SSSR count). The second kappa shape index (κ2) is 7.89. The first-order chi connectivity index (χ1) is 11.8. The summed E-state index contributed by atoms with van der Waals surface area (Å²) in [5, 5.41) is 13.6. The van der Waals surface area contributed by atoms with Gasteiger partial charge in [0.25, 0.3) is 5.69 Å². The third kappa shape index (κ3) is 4.21. The molecule has 0 bridgehead atoms. The van der Waals surface area contributed by atoms with Crippen molar-refractivity contribution in [3.05, 3.63) is 52.6 Å². The fourth-order valence-electron chi connectivity index (χ4n) is 2.69. The lowest BCUT2D eigenvalue weighted by atomic mass is 9.81. The first-order valence-electron chi connectivity index (χ1n) is 7.86. The van der Waals surface area contributed by atoms with Crippen LogP contribution in [0.5, 0.6) is 0 Å². The number of hydrogen-bond acceptors (Lipinski definition) is 6. The van der Waals surface area contributed by atoms with Crippen LogP contribution in [0.15, 0.2) is 36.9 Å². The van der Waals surface area contributed by atoms with Crippen molar-refractivity contribution in [1.82, 2.24) is 5.32 Å². The van der Waals surface area contributed by atoms with Gasteiger partial charge in [-0.05, 0) is 5.92 Å². The van der Waals surface area contributed by atoms with Crippen LogP contribution in [0.1, 0.15) is 19.4 Å². The predicted octanol–water partition coefficient (Wildman–Crippen LogP) is 1.94. The summed E-state index contributed by atoms with van der Waals surface area (Å²) in [7, 11) is 0. The van der Waals surface area contributed by atoms with Crippen molar-refractivity contribution in [3.63, 3.8) is 0 Å². The van der Waals surface area contributed by atoms with Gasteiger partial charge in [0.1, 0.15) is 6.10 Å². The maximum atomic E-state index is 12.0. The average Bonchev–Trinajstić information content (AvgIpc) is 2.55. The highest BCUT2D eigenvalue weighted by atomic mass is 17.2. The standard InChI is InChI=1S/C17H20N2O6/c1-4-12-15(17(21)18-12)16(10(2)3)25-24-14(20)9-11-7-5-6-8-13(11)19(22)23/h4-8,10,12,15-16H,1,9H2,2-3H3,(H,18,21)/t12-,15+,16-/m1/s1. The summed E-state index contributed by atoms with van der Waals surface area (Å²) < 4.78 is 0. The van der Waals surface area contributed by atoms with Crippen molar-refractivity contribution >= 4 is 17.6 Å². The number of hydrogen-bond donors (Lipinski definition) is 1. The molecule has 1 amide bonds. The van der Waals surface area contributed by atoms with Crippen molar-refractivity contribution in [3.8, 4) is 0 Å². The van der Waals surface area contributed by atoms with Crippen LogP contribution in [-0.4, -0.2) is 28.9 Å². The lowest BCUT2D eigenvalue weighted by molar-refractivity contribution is -0.385. The molecule has 3 atom stereocenters. The Morgan fingerprint density at radius 3 is 2.68 bits per heavy atom. The number of nitro benzene ring substituents is 1. The van der Waals surface area contributed by atoms with Crippen LogP contribution in [-0.2, 0) is 25.8 Å². The summed E-state index contributed by atoms with van der Waals surface area (Å²) in [4.78, 5) is 44.2. The summed E-state index contributed by atoms with van der Waals surface area (Å²) in [6, 6.07) is 5.66. The van der Waals surface area contributed by atoms with Crippen LogP contribution in [0.2, 0.25) is 0 Å². The lowest BCUT2D eigenvalue weighted by Crippen LogP contribution is -2.62. The Morgan fingerprint density at radius 1 is 1.44 bits per heavy atom. The van der Waals surface area contributed by atoms with Crippen LogP contribution in [0.4, 0.5) is 5.69 Å². The number of rotatable bonds is 8. The SMILES string of the molecule is C=C[C@H]1NC(=O)[C@@H]1[C@H](OOC(=O)Cc1ccccc1[N+](=O)[O-])C(C)C. The third-order valence-corrected chi connectivity index (χ3v) is 4.04. The highest BCUT2D eigenvalue weighted by Crippen LogP contribution is 2.28. The van der Waals surface area contributed by atoms with Gasteiger partial charge in [-0.25, -0.2) is 4.79 Å². The molecule has 1 aromatic rings. The Balaban J connectivity index is 1.99. The van der Waals surface area contributed by atoms with E-state index in [9.17, 15) is 19.7 Å². The second-order valence-corrected chi connectivity index (χ2v) is 6.12. The van der Waals surface area contributed by atoms with Crippen molar-refractivity contribution < 1.29 is 24.3 Å². The van der Waals surface area contributed by atoms with Gasteiger partial charge in [-0.2, -0.15) is 4.89 Å². The second-order valence-electron chi connectivity index (χ2n) is 6.12. The van der Waals surface area contributed by atoms with E-state index in [-0.39, 0.29) is 35.5 Å². The molecule has 134 valence electrons. The van der Waals surface area contributed by atoms with Crippen molar-refractivity contribution in [2.24, 2.45) is 11.8 Å². The zero-order valence-electron chi connectivity index (χ0n) is 14.0. The van der Waals surface area contributed by atoms with Gasteiger partial charge in [0.05, 0.1) is 23.3 Å². The van der Waals surface area contributed by atoms with E-state index in [4.69, 9.17) is 9.78 Å². The maximum absolute atomic E-state index is 12.0. The molecule has 1 N–H and O–H groups in total. The molecule has 0 unspecified atom stereocenters. The highest BCUT2D eigenvalue weighted by Gasteiger charge is 2.46. The van der Waals surface area contributed by atoms with Crippen LogP contribution in [0.3, 0.4) is 0 Å². The smallest absolute Gasteiger partial charge is 0.346 e. The van der Waals surface area contributed by atoms with E-state index in [1.807, 2.05) is 13.8 Å². The van der Waals surface area contributed by atoms with Crippen molar-refractivity contribution in [1.29, 1.82) is 0 Å². The summed E-state index contributed by atoms with van der Waals surface area (Å²) >= 11 is 0. The van der Waals surface area contributed by atoms with Crippen LogP contribution in [0, 0.1) is 22.0 Å². The molecule has 1 fully saturated rings. The molecule has 0 spiro atoms. The van der Waals surface area contributed by atoms with E-state index in [0.717, 1.165) is 0 Å². The topological polar surface area (TPSA) is 108 Å². The minimum Gasteiger partial charge on any atom is -0.349 e. The number of carbonyl (C=O) groups is 2. The number of benzene rings is 1. The van der Waals surface area contributed by atoms with E-state index in [1.54, 1.807) is 12.1 Å². The fourth-order valence-corrected chi connectivity index (χ4v) is 2.69. The lowest BCUT2D eigenvalue weighted by Gasteiger charge is -2.40. The Kier molecular flexibility index (Phi) is 5.87. The molecule has 0 radical (unpaired) electrons. The molecule has 1 heterocycles. The van der Waals surface area contributed by atoms with Gasteiger partial charge in [0.15, 0.2) is 0 Å². The number of amides is 1. The van der Waals surface area contributed by atoms with E-state index < -0.39 is 22.9 Å². The maximum Gasteiger partial charge on any atom is 0.346 e. The van der Waals surface area contributed by atoms with Gasteiger partial charge in [0.2, 0.25) is 5.91 Å². The van der Waals surface area contributed by atoms with E-state index in [2.05, 4.69) is 11.9 Å². The molecule has 8 heteroatoms. The largest absolute Gasteiger partial charge is 0.349 e. The van der Waals surface area contributed by atoms with Gasteiger partial charge in [-0.15, -0.1) is 6.58 Å². The van der Waals surface area contributed by atoms with Gasteiger partial charge >= 0.3 is 5.97 Å². The number of para-hydroxylation sites is 1. The van der Waals surface area contributed by atoms with Crippen LogP contribution in [0.25, 0.3) is 0 Å². The van der Waals surface area contributed by atoms with Gasteiger partial charge in [-0.1, -0.05) is 38.1 Å². The monoisotopic (exact) mass is 348 g/mol. The first-order valence-corrected chi connectivity index (χ1v) is 7.86. The Hall–Kier alpha value is -2.74. The summed E-state index contributed by atoms with van der Waals surface area (Å²) in [5.74, 6) is -1.54. The molecule has 0 aliphatic carbocycles.